The average molecular weight is 273 g/mol. The Morgan fingerprint density at radius 1 is 1.33 bits per heavy atom. The van der Waals surface area contributed by atoms with Gasteiger partial charge in [0.05, 0.1) is 0 Å². The lowest BCUT2D eigenvalue weighted by Gasteiger charge is -2.47. The van der Waals surface area contributed by atoms with Gasteiger partial charge in [-0.15, -0.1) is 0 Å². The van der Waals surface area contributed by atoms with Crippen molar-refractivity contribution in [2.24, 2.45) is 5.41 Å². The van der Waals surface area contributed by atoms with Crippen molar-refractivity contribution in [3.63, 3.8) is 0 Å². The van der Waals surface area contributed by atoms with Crippen LogP contribution in [0.2, 0.25) is 0 Å². The van der Waals surface area contributed by atoms with E-state index in [2.05, 4.69) is 63.5 Å². The Bertz CT molecular complexity index is 237. The first kappa shape index (κ1) is 16.3. The summed E-state index contributed by atoms with van der Waals surface area (Å²) in [5.41, 5.74) is 0.356. The lowest BCUT2D eigenvalue weighted by Crippen LogP contribution is -2.62. The molecule has 2 nitrogen and oxygen atoms in total. The molecule has 1 fully saturated rings. The molecule has 1 saturated heterocycles. The molecule has 108 valence electrons. The first-order chi connectivity index (χ1) is 8.40. The van der Waals surface area contributed by atoms with E-state index in [-0.39, 0.29) is 0 Å². The van der Waals surface area contributed by atoms with Crippen LogP contribution in [0.25, 0.3) is 0 Å². The van der Waals surface area contributed by atoms with Crippen molar-refractivity contribution in [1.82, 2.24) is 10.2 Å². The van der Waals surface area contributed by atoms with E-state index in [0.29, 0.717) is 17.5 Å². The van der Waals surface area contributed by atoms with Crippen LogP contribution in [-0.4, -0.2) is 47.6 Å². The van der Waals surface area contributed by atoms with Crippen LogP contribution in [-0.2, 0) is 0 Å². The maximum Gasteiger partial charge on any atom is 0.0244 e. The van der Waals surface area contributed by atoms with Crippen LogP contribution in [0.5, 0.6) is 0 Å². The zero-order valence-corrected chi connectivity index (χ0v) is 13.9. The van der Waals surface area contributed by atoms with Gasteiger partial charge in [0.2, 0.25) is 0 Å². The van der Waals surface area contributed by atoms with E-state index >= 15 is 0 Å². The monoisotopic (exact) mass is 272 g/mol. The Labute approximate surface area is 118 Å². The number of hydrogen-bond acceptors (Lipinski definition) is 3. The van der Waals surface area contributed by atoms with Gasteiger partial charge in [0, 0.05) is 37.0 Å². The molecular formula is C15H32N2S. The summed E-state index contributed by atoms with van der Waals surface area (Å²) in [4.78, 5) is 2.75. The van der Waals surface area contributed by atoms with E-state index in [9.17, 15) is 0 Å². The van der Waals surface area contributed by atoms with Crippen molar-refractivity contribution in [3.8, 4) is 0 Å². The summed E-state index contributed by atoms with van der Waals surface area (Å²) in [5.74, 6) is 2.50. The minimum atomic E-state index is 0.356. The SMILES string of the molecule is CCSCC(C)N1CC(C(C)(C)C)NCC1CC. The maximum atomic E-state index is 3.75. The summed E-state index contributed by atoms with van der Waals surface area (Å²) >= 11 is 2.07. The van der Waals surface area contributed by atoms with Gasteiger partial charge in [0.15, 0.2) is 0 Å². The molecule has 0 aromatic rings. The average Bonchev–Trinajstić information content (AvgIpc) is 2.34. The Kier molecular flexibility index (Phi) is 6.49. The third-order valence-corrected chi connectivity index (χ3v) is 5.23. The smallest absolute Gasteiger partial charge is 0.0244 e. The van der Waals surface area contributed by atoms with Gasteiger partial charge < -0.3 is 5.32 Å². The third-order valence-electron chi connectivity index (χ3n) is 4.11. The number of rotatable bonds is 5. The lowest BCUT2D eigenvalue weighted by molar-refractivity contribution is 0.0609. The van der Waals surface area contributed by atoms with Gasteiger partial charge >= 0.3 is 0 Å². The predicted octanol–water partition coefficient (Wildman–Crippen LogP) is 3.23. The van der Waals surface area contributed by atoms with E-state index in [1.165, 1.54) is 24.5 Å². The molecule has 1 aliphatic rings. The molecule has 1 N–H and O–H groups in total. The second-order valence-electron chi connectivity index (χ2n) is 6.59. The van der Waals surface area contributed by atoms with Crippen LogP contribution >= 0.6 is 11.8 Å². The van der Waals surface area contributed by atoms with Crippen molar-refractivity contribution in [1.29, 1.82) is 0 Å². The Morgan fingerprint density at radius 2 is 2.00 bits per heavy atom. The minimum Gasteiger partial charge on any atom is -0.311 e. The summed E-state index contributed by atoms with van der Waals surface area (Å²) < 4.78 is 0. The van der Waals surface area contributed by atoms with Crippen molar-refractivity contribution in [2.45, 2.75) is 66.1 Å². The maximum absolute atomic E-state index is 3.75. The number of nitrogens with zero attached hydrogens (tertiary/aromatic N) is 1. The van der Waals surface area contributed by atoms with Gasteiger partial charge in [-0.1, -0.05) is 34.6 Å². The zero-order valence-electron chi connectivity index (χ0n) is 13.1. The standard InChI is InChI=1S/C15H32N2S/c1-7-13-9-16-14(15(4,5)6)10-17(13)12(3)11-18-8-2/h12-14,16H,7-11H2,1-6H3. The molecule has 0 aromatic heterocycles. The highest BCUT2D eigenvalue weighted by Crippen LogP contribution is 2.26. The molecule has 1 aliphatic heterocycles. The van der Waals surface area contributed by atoms with E-state index in [4.69, 9.17) is 0 Å². The molecule has 0 bridgehead atoms. The summed E-state index contributed by atoms with van der Waals surface area (Å²) in [6.07, 6.45) is 1.25. The fraction of sp³-hybridized carbons (Fsp3) is 1.00. The Morgan fingerprint density at radius 3 is 2.50 bits per heavy atom. The van der Waals surface area contributed by atoms with Gasteiger partial charge in [-0.05, 0) is 24.5 Å². The molecule has 0 radical (unpaired) electrons. The second-order valence-corrected chi connectivity index (χ2v) is 7.91. The van der Waals surface area contributed by atoms with Crippen molar-refractivity contribution >= 4 is 11.8 Å². The molecule has 3 atom stereocenters. The van der Waals surface area contributed by atoms with E-state index in [1.807, 2.05) is 0 Å². The first-order valence-electron chi connectivity index (χ1n) is 7.47. The Balaban J connectivity index is 2.64. The van der Waals surface area contributed by atoms with Crippen LogP contribution in [0.1, 0.15) is 48.0 Å². The minimum absolute atomic E-state index is 0.356. The Hall–Kier alpha value is 0.270. The van der Waals surface area contributed by atoms with Crippen LogP contribution in [0.3, 0.4) is 0 Å². The molecule has 3 heteroatoms. The van der Waals surface area contributed by atoms with Crippen molar-refractivity contribution < 1.29 is 0 Å². The number of nitrogens with one attached hydrogen (secondary N) is 1. The predicted molar refractivity (Wildman–Crippen MR) is 84.5 cm³/mol. The van der Waals surface area contributed by atoms with Gasteiger partial charge in [-0.2, -0.15) is 11.8 Å². The molecule has 18 heavy (non-hydrogen) atoms. The molecule has 0 aliphatic carbocycles. The van der Waals surface area contributed by atoms with Gasteiger partial charge in [0.1, 0.15) is 0 Å². The summed E-state index contributed by atoms with van der Waals surface area (Å²) in [5, 5.41) is 3.75. The van der Waals surface area contributed by atoms with E-state index in [1.54, 1.807) is 0 Å². The molecule has 0 amide bonds. The molecular weight excluding hydrogens is 240 g/mol. The highest BCUT2D eigenvalue weighted by atomic mass is 32.2. The molecule has 0 spiro atoms. The third kappa shape index (κ3) is 4.43. The molecule has 0 saturated carbocycles. The van der Waals surface area contributed by atoms with Crippen LogP contribution in [0, 0.1) is 5.41 Å². The lowest BCUT2D eigenvalue weighted by atomic mass is 9.84. The van der Waals surface area contributed by atoms with Crippen molar-refractivity contribution in [2.75, 3.05) is 24.6 Å². The largest absolute Gasteiger partial charge is 0.311 e. The van der Waals surface area contributed by atoms with Crippen LogP contribution < -0.4 is 5.32 Å². The number of piperazine rings is 1. The topological polar surface area (TPSA) is 15.3 Å². The van der Waals surface area contributed by atoms with Gasteiger partial charge in [-0.3, -0.25) is 4.90 Å². The zero-order chi connectivity index (χ0) is 13.8. The van der Waals surface area contributed by atoms with Crippen LogP contribution in [0.15, 0.2) is 0 Å². The quantitative estimate of drug-likeness (QED) is 0.827. The second kappa shape index (κ2) is 7.16. The normalized spacial score (nSPS) is 28.3. The first-order valence-corrected chi connectivity index (χ1v) is 8.62. The molecule has 0 aromatic carbocycles. The number of hydrogen-bond donors (Lipinski definition) is 1. The highest BCUT2D eigenvalue weighted by Gasteiger charge is 2.35. The number of thioether (sulfide) groups is 1. The fourth-order valence-electron chi connectivity index (χ4n) is 2.70. The fourth-order valence-corrected chi connectivity index (χ4v) is 3.47. The van der Waals surface area contributed by atoms with E-state index in [0.717, 1.165) is 12.6 Å². The molecule has 3 unspecified atom stereocenters. The summed E-state index contributed by atoms with van der Waals surface area (Å²) in [6, 6.07) is 2.04. The summed E-state index contributed by atoms with van der Waals surface area (Å²) in [6.45, 7) is 16.4. The van der Waals surface area contributed by atoms with Gasteiger partial charge in [-0.25, -0.2) is 0 Å². The molecule has 1 rings (SSSR count). The highest BCUT2D eigenvalue weighted by molar-refractivity contribution is 7.99. The molecule has 1 heterocycles. The van der Waals surface area contributed by atoms with Crippen molar-refractivity contribution in [3.05, 3.63) is 0 Å². The van der Waals surface area contributed by atoms with Gasteiger partial charge in [0.25, 0.3) is 0 Å². The van der Waals surface area contributed by atoms with Crippen LogP contribution in [0.4, 0.5) is 0 Å². The summed E-state index contributed by atoms with van der Waals surface area (Å²) in [7, 11) is 0. The van der Waals surface area contributed by atoms with E-state index < -0.39 is 0 Å².